The van der Waals surface area contributed by atoms with E-state index in [0.29, 0.717) is 13.0 Å². The quantitative estimate of drug-likeness (QED) is 0.520. The number of imide groups is 1. The first-order valence-electron chi connectivity index (χ1n) is 5.04. The lowest BCUT2D eigenvalue weighted by molar-refractivity contribution is -0.140. The third-order valence-electron chi connectivity index (χ3n) is 2.95. The van der Waals surface area contributed by atoms with Gasteiger partial charge in [-0.1, -0.05) is 26.0 Å². The third kappa shape index (κ3) is 1.74. The summed E-state index contributed by atoms with van der Waals surface area (Å²) >= 11 is 0. The number of rotatable bonds is 4. The minimum atomic E-state index is -0.617. The molecule has 3 heteroatoms. The van der Waals surface area contributed by atoms with Gasteiger partial charge in [0.15, 0.2) is 0 Å². The lowest BCUT2D eigenvalue weighted by atomic mass is 9.79. The number of amides is 2. The monoisotopic (exact) mass is 207 g/mol. The molecule has 0 radical (unpaired) electrons. The molecule has 0 aromatic carbocycles. The van der Waals surface area contributed by atoms with Gasteiger partial charge in [0.25, 0.3) is 0 Å². The number of nitrogens with zero attached hydrogens (tertiary/aromatic N) is 1. The SMILES string of the molecule is C=CCC1C(=O)N(CC=C)C(=O)C1(C)C. The van der Waals surface area contributed by atoms with E-state index in [-0.39, 0.29) is 17.7 Å². The van der Waals surface area contributed by atoms with Crippen molar-refractivity contribution in [1.29, 1.82) is 0 Å². The van der Waals surface area contributed by atoms with Gasteiger partial charge in [-0.15, -0.1) is 13.2 Å². The summed E-state index contributed by atoms with van der Waals surface area (Å²) in [5.41, 5.74) is -0.617. The van der Waals surface area contributed by atoms with Crippen LogP contribution in [0, 0.1) is 11.3 Å². The van der Waals surface area contributed by atoms with Crippen LogP contribution < -0.4 is 0 Å². The fraction of sp³-hybridized carbons (Fsp3) is 0.500. The van der Waals surface area contributed by atoms with Gasteiger partial charge >= 0.3 is 0 Å². The van der Waals surface area contributed by atoms with Gasteiger partial charge in [-0.05, 0) is 6.42 Å². The summed E-state index contributed by atoms with van der Waals surface area (Å²) in [6.45, 7) is 11.1. The summed E-state index contributed by atoms with van der Waals surface area (Å²) in [6, 6.07) is 0. The van der Waals surface area contributed by atoms with Crippen LogP contribution in [-0.4, -0.2) is 23.3 Å². The third-order valence-corrected chi connectivity index (χ3v) is 2.95. The van der Waals surface area contributed by atoms with Crippen LogP contribution >= 0.6 is 0 Å². The van der Waals surface area contributed by atoms with Gasteiger partial charge in [0.1, 0.15) is 0 Å². The topological polar surface area (TPSA) is 37.4 Å². The van der Waals surface area contributed by atoms with Crippen molar-refractivity contribution in [1.82, 2.24) is 4.90 Å². The molecule has 0 spiro atoms. The van der Waals surface area contributed by atoms with Crippen LogP contribution in [0.15, 0.2) is 25.3 Å². The number of likely N-dealkylation sites (tertiary alicyclic amines) is 1. The van der Waals surface area contributed by atoms with Gasteiger partial charge in [0.2, 0.25) is 11.8 Å². The van der Waals surface area contributed by atoms with Crippen molar-refractivity contribution in [3.63, 3.8) is 0 Å². The molecule has 0 saturated carbocycles. The second kappa shape index (κ2) is 4.01. The Balaban J connectivity index is 3.01. The lowest BCUT2D eigenvalue weighted by Gasteiger charge is -2.20. The maximum atomic E-state index is 11.9. The Hall–Kier alpha value is -1.38. The Morgan fingerprint density at radius 2 is 1.93 bits per heavy atom. The van der Waals surface area contributed by atoms with Crippen molar-refractivity contribution in [2.24, 2.45) is 11.3 Å². The van der Waals surface area contributed by atoms with Crippen LogP contribution in [-0.2, 0) is 9.59 Å². The molecular weight excluding hydrogens is 190 g/mol. The van der Waals surface area contributed by atoms with Gasteiger partial charge in [-0.2, -0.15) is 0 Å². The maximum absolute atomic E-state index is 11.9. The van der Waals surface area contributed by atoms with E-state index in [1.807, 2.05) is 13.8 Å². The van der Waals surface area contributed by atoms with Crippen LogP contribution in [0.1, 0.15) is 20.3 Å². The van der Waals surface area contributed by atoms with Gasteiger partial charge in [-0.3, -0.25) is 14.5 Å². The molecule has 1 aliphatic heterocycles. The summed E-state index contributed by atoms with van der Waals surface area (Å²) < 4.78 is 0. The van der Waals surface area contributed by atoms with E-state index >= 15 is 0 Å². The van der Waals surface area contributed by atoms with Gasteiger partial charge < -0.3 is 0 Å². The molecule has 0 aromatic heterocycles. The Morgan fingerprint density at radius 1 is 1.33 bits per heavy atom. The molecule has 1 unspecified atom stereocenters. The highest BCUT2D eigenvalue weighted by molar-refractivity contribution is 6.07. The van der Waals surface area contributed by atoms with Gasteiger partial charge in [-0.25, -0.2) is 0 Å². The molecule has 1 saturated heterocycles. The molecule has 1 rings (SSSR count). The molecule has 3 nitrogen and oxygen atoms in total. The molecule has 82 valence electrons. The predicted octanol–water partition coefficient (Wildman–Crippen LogP) is 1.76. The van der Waals surface area contributed by atoms with Crippen molar-refractivity contribution in [2.45, 2.75) is 20.3 Å². The van der Waals surface area contributed by atoms with Crippen LogP contribution in [0.4, 0.5) is 0 Å². The summed E-state index contributed by atoms with van der Waals surface area (Å²) in [6.07, 6.45) is 3.81. The molecule has 1 fully saturated rings. The van der Waals surface area contributed by atoms with E-state index in [4.69, 9.17) is 0 Å². The van der Waals surface area contributed by atoms with Crippen LogP contribution in [0.25, 0.3) is 0 Å². The first-order valence-corrected chi connectivity index (χ1v) is 5.04. The summed E-state index contributed by atoms with van der Waals surface area (Å²) in [4.78, 5) is 25.1. The molecule has 0 aliphatic carbocycles. The highest BCUT2D eigenvalue weighted by Gasteiger charge is 2.52. The second-order valence-electron chi connectivity index (χ2n) is 4.34. The fourth-order valence-corrected chi connectivity index (χ4v) is 1.96. The van der Waals surface area contributed by atoms with Gasteiger partial charge in [0.05, 0.1) is 11.3 Å². The maximum Gasteiger partial charge on any atom is 0.235 e. The van der Waals surface area contributed by atoms with Crippen LogP contribution in [0.2, 0.25) is 0 Å². The summed E-state index contributed by atoms with van der Waals surface area (Å²) in [7, 11) is 0. The average Bonchev–Trinajstić information content (AvgIpc) is 2.33. The standard InChI is InChI=1S/C12H17NO2/c1-5-7-9-10(14)13(8-6-2)11(15)12(9,3)4/h5-6,9H,1-2,7-8H2,3-4H3. The number of hydrogen-bond donors (Lipinski definition) is 0. The van der Waals surface area contributed by atoms with Crippen molar-refractivity contribution in [3.8, 4) is 0 Å². The predicted molar refractivity (Wildman–Crippen MR) is 59.0 cm³/mol. The summed E-state index contributed by atoms with van der Waals surface area (Å²) in [5.74, 6) is -0.494. The number of carbonyl (C=O) groups excluding carboxylic acids is 2. The number of hydrogen-bond acceptors (Lipinski definition) is 2. The molecule has 2 amide bonds. The molecule has 1 aliphatic rings. The molecule has 1 atom stereocenters. The minimum absolute atomic E-state index is 0.107. The van der Waals surface area contributed by atoms with E-state index in [0.717, 1.165) is 0 Å². The van der Waals surface area contributed by atoms with E-state index in [2.05, 4.69) is 13.2 Å². The first kappa shape index (κ1) is 11.7. The van der Waals surface area contributed by atoms with Crippen LogP contribution in [0.3, 0.4) is 0 Å². The zero-order valence-electron chi connectivity index (χ0n) is 9.32. The largest absolute Gasteiger partial charge is 0.278 e. The smallest absolute Gasteiger partial charge is 0.235 e. The Bertz CT molecular complexity index is 318. The van der Waals surface area contributed by atoms with Crippen molar-refractivity contribution >= 4 is 11.8 Å². The number of allylic oxidation sites excluding steroid dienone is 1. The first-order chi connectivity index (χ1) is 6.96. The van der Waals surface area contributed by atoms with Crippen molar-refractivity contribution in [2.75, 3.05) is 6.54 Å². The van der Waals surface area contributed by atoms with E-state index in [1.54, 1.807) is 12.2 Å². The molecule has 1 heterocycles. The average molecular weight is 207 g/mol. The molecule has 0 aromatic rings. The van der Waals surface area contributed by atoms with Crippen LogP contribution in [0.5, 0.6) is 0 Å². The highest BCUT2D eigenvalue weighted by Crippen LogP contribution is 2.39. The Labute approximate surface area is 90.5 Å². The van der Waals surface area contributed by atoms with Crippen molar-refractivity contribution < 1.29 is 9.59 Å². The molecular formula is C12H17NO2. The van der Waals surface area contributed by atoms with E-state index in [9.17, 15) is 9.59 Å². The molecule has 0 N–H and O–H groups in total. The number of carbonyl (C=O) groups is 2. The molecule has 15 heavy (non-hydrogen) atoms. The fourth-order valence-electron chi connectivity index (χ4n) is 1.96. The summed E-state index contributed by atoms with van der Waals surface area (Å²) in [5, 5.41) is 0. The highest BCUT2D eigenvalue weighted by atomic mass is 16.2. The zero-order valence-corrected chi connectivity index (χ0v) is 9.32. The van der Waals surface area contributed by atoms with E-state index in [1.165, 1.54) is 4.90 Å². The van der Waals surface area contributed by atoms with E-state index < -0.39 is 5.41 Å². The molecule has 0 bridgehead atoms. The second-order valence-corrected chi connectivity index (χ2v) is 4.34. The van der Waals surface area contributed by atoms with Gasteiger partial charge in [0, 0.05) is 6.54 Å². The normalized spacial score (nSPS) is 24.4. The zero-order chi connectivity index (χ0) is 11.6. The van der Waals surface area contributed by atoms with Crippen molar-refractivity contribution in [3.05, 3.63) is 25.3 Å². The Morgan fingerprint density at radius 3 is 2.40 bits per heavy atom. The minimum Gasteiger partial charge on any atom is -0.278 e. The Kier molecular flexibility index (Phi) is 3.12. The lowest BCUT2D eigenvalue weighted by Crippen LogP contribution is -2.33.